The summed E-state index contributed by atoms with van der Waals surface area (Å²) in [6.45, 7) is 0. The lowest BCUT2D eigenvalue weighted by atomic mass is 9.91. The van der Waals surface area contributed by atoms with Crippen molar-refractivity contribution in [2.75, 3.05) is 7.11 Å². The van der Waals surface area contributed by atoms with Gasteiger partial charge in [-0.1, -0.05) is 0 Å². The number of methoxy groups -OCH3 is 1. The number of nitrogens with two attached hydrogens (primary N) is 1. The first-order valence-corrected chi connectivity index (χ1v) is 7.29. The lowest BCUT2D eigenvalue weighted by molar-refractivity contribution is 0.0926. The van der Waals surface area contributed by atoms with Crippen LogP contribution in [0.5, 0.6) is 5.75 Å². The summed E-state index contributed by atoms with van der Waals surface area (Å²) in [6, 6.07) is 5.88. The predicted octanol–water partition coefficient (Wildman–Crippen LogP) is 2.88. The lowest BCUT2D eigenvalue weighted by Crippen LogP contribution is -2.40. The largest absolute Gasteiger partial charge is 0.496 e. The molecule has 1 aliphatic rings. The molecule has 6 heteroatoms. The first kappa shape index (κ1) is 17.3. The Hall–Kier alpha value is -0.780. The van der Waals surface area contributed by atoms with Crippen LogP contribution in [0.3, 0.4) is 0 Å². The van der Waals surface area contributed by atoms with Gasteiger partial charge in [0.1, 0.15) is 5.75 Å². The average molecular weight is 364 g/mol. The fourth-order valence-corrected chi connectivity index (χ4v) is 2.88. The van der Waals surface area contributed by atoms with Crippen molar-refractivity contribution in [1.82, 2.24) is 5.32 Å². The quantitative estimate of drug-likeness (QED) is 0.868. The molecule has 1 saturated carbocycles. The lowest BCUT2D eigenvalue weighted by Gasteiger charge is -2.26. The highest BCUT2D eigenvalue weighted by atomic mass is 79.9. The second-order valence-corrected chi connectivity index (χ2v) is 5.79. The number of rotatable bonds is 3. The number of benzene rings is 1. The van der Waals surface area contributed by atoms with Gasteiger partial charge in [-0.3, -0.25) is 4.79 Å². The fourth-order valence-electron chi connectivity index (χ4n) is 2.34. The van der Waals surface area contributed by atoms with Gasteiger partial charge < -0.3 is 15.8 Å². The highest BCUT2D eigenvalue weighted by Gasteiger charge is 2.20. The summed E-state index contributed by atoms with van der Waals surface area (Å²) in [5.41, 5.74) is 6.50. The van der Waals surface area contributed by atoms with Crippen LogP contribution in [-0.2, 0) is 0 Å². The molecular weight excluding hydrogens is 344 g/mol. The van der Waals surface area contributed by atoms with Gasteiger partial charge in [0.05, 0.1) is 11.6 Å². The molecule has 112 valence electrons. The third kappa shape index (κ3) is 4.36. The van der Waals surface area contributed by atoms with Crippen molar-refractivity contribution in [2.24, 2.45) is 5.73 Å². The van der Waals surface area contributed by atoms with E-state index in [0.29, 0.717) is 11.6 Å². The van der Waals surface area contributed by atoms with Crippen molar-refractivity contribution in [1.29, 1.82) is 0 Å². The van der Waals surface area contributed by atoms with Crippen LogP contribution < -0.4 is 15.8 Å². The Morgan fingerprint density at radius 2 is 2.00 bits per heavy atom. The van der Waals surface area contributed by atoms with E-state index in [1.54, 1.807) is 25.3 Å². The number of hydrogen-bond donors (Lipinski definition) is 2. The van der Waals surface area contributed by atoms with Gasteiger partial charge >= 0.3 is 0 Å². The van der Waals surface area contributed by atoms with Crippen LogP contribution in [0.15, 0.2) is 22.7 Å². The number of ether oxygens (including phenoxy) is 1. The van der Waals surface area contributed by atoms with Gasteiger partial charge in [0, 0.05) is 17.6 Å². The molecule has 0 heterocycles. The molecule has 2 rings (SSSR count). The standard InChI is InChI=1S/C14H19BrN2O2.ClH/c1-19-13-7-2-9(8-12(13)15)14(18)17-11-5-3-10(16)4-6-11;/h2,7-8,10-11H,3-6,16H2,1H3,(H,17,18);1H. The zero-order chi connectivity index (χ0) is 13.8. The molecule has 0 unspecified atom stereocenters. The van der Waals surface area contributed by atoms with Gasteiger partial charge in [0.15, 0.2) is 0 Å². The third-order valence-corrected chi connectivity index (χ3v) is 4.14. The summed E-state index contributed by atoms with van der Waals surface area (Å²) in [4.78, 5) is 12.1. The summed E-state index contributed by atoms with van der Waals surface area (Å²) in [6.07, 6.45) is 3.89. The third-order valence-electron chi connectivity index (χ3n) is 3.52. The van der Waals surface area contributed by atoms with Crippen molar-refractivity contribution < 1.29 is 9.53 Å². The van der Waals surface area contributed by atoms with E-state index in [1.165, 1.54) is 0 Å². The molecule has 1 aliphatic carbocycles. The molecule has 1 aromatic carbocycles. The molecule has 0 saturated heterocycles. The Bertz CT molecular complexity index is 462. The minimum atomic E-state index is -0.0381. The van der Waals surface area contributed by atoms with Crippen molar-refractivity contribution in [3.05, 3.63) is 28.2 Å². The number of hydrogen-bond acceptors (Lipinski definition) is 3. The van der Waals surface area contributed by atoms with E-state index < -0.39 is 0 Å². The van der Waals surface area contributed by atoms with Gasteiger partial charge in [0.2, 0.25) is 0 Å². The average Bonchev–Trinajstić information content (AvgIpc) is 2.41. The predicted molar refractivity (Wildman–Crippen MR) is 85.6 cm³/mol. The van der Waals surface area contributed by atoms with Crippen LogP contribution >= 0.6 is 28.3 Å². The maximum absolute atomic E-state index is 12.1. The minimum absolute atomic E-state index is 0. The van der Waals surface area contributed by atoms with Crippen LogP contribution in [0.25, 0.3) is 0 Å². The molecule has 20 heavy (non-hydrogen) atoms. The molecule has 1 aromatic rings. The molecule has 0 aromatic heterocycles. The Kier molecular flexibility index (Phi) is 6.79. The van der Waals surface area contributed by atoms with E-state index in [4.69, 9.17) is 10.5 Å². The molecule has 1 amide bonds. The van der Waals surface area contributed by atoms with Crippen LogP contribution in [0, 0.1) is 0 Å². The Balaban J connectivity index is 0.00000200. The second-order valence-electron chi connectivity index (χ2n) is 4.93. The van der Waals surface area contributed by atoms with Crippen LogP contribution in [0.4, 0.5) is 0 Å². The number of amides is 1. The van der Waals surface area contributed by atoms with E-state index in [0.717, 1.165) is 35.9 Å². The Morgan fingerprint density at radius 3 is 2.55 bits per heavy atom. The molecule has 0 bridgehead atoms. The Morgan fingerprint density at radius 1 is 1.35 bits per heavy atom. The molecular formula is C14H20BrClN2O2. The first-order valence-electron chi connectivity index (χ1n) is 6.50. The highest BCUT2D eigenvalue weighted by Crippen LogP contribution is 2.25. The summed E-state index contributed by atoms with van der Waals surface area (Å²) in [5.74, 6) is 0.684. The van der Waals surface area contributed by atoms with Gasteiger partial charge in [-0.15, -0.1) is 12.4 Å². The zero-order valence-electron chi connectivity index (χ0n) is 11.4. The molecule has 0 spiro atoms. The minimum Gasteiger partial charge on any atom is -0.496 e. The zero-order valence-corrected chi connectivity index (χ0v) is 13.8. The number of carbonyl (C=O) groups excluding carboxylic acids is 1. The van der Waals surface area contributed by atoms with E-state index in [2.05, 4.69) is 21.2 Å². The first-order chi connectivity index (χ1) is 9.10. The van der Waals surface area contributed by atoms with Gasteiger partial charge in [-0.2, -0.15) is 0 Å². The maximum Gasteiger partial charge on any atom is 0.251 e. The van der Waals surface area contributed by atoms with Crippen LogP contribution in [-0.4, -0.2) is 25.1 Å². The number of carbonyl (C=O) groups is 1. The van der Waals surface area contributed by atoms with Crippen molar-refractivity contribution in [3.8, 4) is 5.75 Å². The fraction of sp³-hybridized carbons (Fsp3) is 0.500. The van der Waals surface area contributed by atoms with E-state index in [9.17, 15) is 4.79 Å². The molecule has 0 radical (unpaired) electrons. The van der Waals surface area contributed by atoms with E-state index in [1.807, 2.05) is 0 Å². The van der Waals surface area contributed by atoms with Crippen LogP contribution in [0.1, 0.15) is 36.0 Å². The smallest absolute Gasteiger partial charge is 0.251 e. The maximum atomic E-state index is 12.1. The summed E-state index contributed by atoms with van der Waals surface area (Å²) in [7, 11) is 1.60. The van der Waals surface area contributed by atoms with Gasteiger partial charge in [0.25, 0.3) is 5.91 Å². The van der Waals surface area contributed by atoms with Crippen molar-refractivity contribution in [2.45, 2.75) is 37.8 Å². The molecule has 3 N–H and O–H groups in total. The molecule has 1 fully saturated rings. The van der Waals surface area contributed by atoms with E-state index >= 15 is 0 Å². The summed E-state index contributed by atoms with van der Waals surface area (Å²) < 4.78 is 5.93. The molecule has 0 aliphatic heterocycles. The molecule has 0 atom stereocenters. The van der Waals surface area contributed by atoms with Crippen molar-refractivity contribution in [3.63, 3.8) is 0 Å². The monoisotopic (exact) mass is 362 g/mol. The number of nitrogens with one attached hydrogen (secondary N) is 1. The number of halogens is 2. The van der Waals surface area contributed by atoms with Crippen molar-refractivity contribution >= 4 is 34.2 Å². The molecule has 4 nitrogen and oxygen atoms in total. The normalized spacial score (nSPS) is 21.8. The van der Waals surface area contributed by atoms with Crippen LogP contribution in [0.2, 0.25) is 0 Å². The van der Waals surface area contributed by atoms with Gasteiger partial charge in [-0.05, 0) is 59.8 Å². The van der Waals surface area contributed by atoms with Gasteiger partial charge in [-0.25, -0.2) is 0 Å². The highest BCUT2D eigenvalue weighted by molar-refractivity contribution is 9.10. The van der Waals surface area contributed by atoms with E-state index in [-0.39, 0.29) is 24.4 Å². The summed E-state index contributed by atoms with van der Waals surface area (Å²) in [5, 5.41) is 3.06. The SMILES string of the molecule is COc1ccc(C(=O)NC2CCC(N)CC2)cc1Br.Cl. The topological polar surface area (TPSA) is 64.3 Å². The Labute approximate surface area is 134 Å². The summed E-state index contributed by atoms with van der Waals surface area (Å²) >= 11 is 3.39. The second kappa shape index (κ2) is 7.86.